The fraction of sp³-hybridized carbons (Fsp3) is 0.611. The monoisotopic (exact) mass is 308 g/mol. The van der Waals surface area contributed by atoms with Gasteiger partial charge in [0.1, 0.15) is 30.8 Å². The Hall–Kier alpha value is -1.39. The standard InChI is InChI=1S/C18H29NO3/c1-3-4-5-12-19-13-17(21)14-22-18-10-8-16(9-11-18)7-6-15(2)20/h8-11,17,19,21H,3-7,12-14H2,1-2H3/p+1/t17-/m0/s1. The molecule has 0 radical (unpaired) electrons. The lowest BCUT2D eigenvalue weighted by Crippen LogP contribution is -2.86. The smallest absolute Gasteiger partial charge is 0.137 e. The number of ketones is 1. The second kappa shape index (κ2) is 11.2. The molecule has 1 rings (SSSR count). The molecule has 0 aliphatic rings. The summed E-state index contributed by atoms with van der Waals surface area (Å²) < 4.78 is 5.59. The molecular formula is C18H30NO3+. The summed E-state index contributed by atoms with van der Waals surface area (Å²) in [7, 11) is 0. The predicted octanol–water partition coefficient (Wildman–Crippen LogP) is 1.70. The number of carbonyl (C=O) groups is 1. The SMILES string of the molecule is CCCCC[NH2+]C[C@H](O)COc1ccc(CCC(C)=O)cc1. The number of unbranched alkanes of at least 4 members (excludes halogenated alkanes) is 2. The van der Waals surface area contributed by atoms with Crippen LogP contribution in [0.3, 0.4) is 0 Å². The van der Waals surface area contributed by atoms with Crippen LogP contribution >= 0.6 is 0 Å². The Kier molecular flexibility index (Phi) is 9.51. The molecule has 0 bridgehead atoms. The molecule has 22 heavy (non-hydrogen) atoms. The third-order valence-electron chi connectivity index (χ3n) is 3.58. The van der Waals surface area contributed by atoms with E-state index >= 15 is 0 Å². The first-order chi connectivity index (χ1) is 10.6. The van der Waals surface area contributed by atoms with Crippen molar-refractivity contribution >= 4 is 5.78 Å². The Morgan fingerprint density at radius 1 is 1.27 bits per heavy atom. The van der Waals surface area contributed by atoms with E-state index in [0.29, 0.717) is 19.6 Å². The van der Waals surface area contributed by atoms with Crippen LogP contribution in [0.25, 0.3) is 0 Å². The maximum absolute atomic E-state index is 11.0. The van der Waals surface area contributed by atoms with Crippen LogP contribution in [0, 0.1) is 0 Å². The van der Waals surface area contributed by atoms with Gasteiger partial charge in [-0.3, -0.25) is 0 Å². The molecule has 3 N–H and O–H groups in total. The summed E-state index contributed by atoms with van der Waals surface area (Å²) >= 11 is 0. The maximum Gasteiger partial charge on any atom is 0.137 e. The van der Waals surface area contributed by atoms with E-state index in [1.807, 2.05) is 24.3 Å². The van der Waals surface area contributed by atoms with Crippen molar-refractivity contribution in [1.82, 2.24) is 0 Å². The Morgan fingerprint density at radius 3 is 2.64 bits per heavy atom. The summed E-state index contributed by atoms with van der Waals surface area (Å²) in [6, 6.07) is 7.74. The van der Waals surface area contributed by atoms with Gasteiger partial charge in [-0.2, -0.15) is 0 Å². The number of ether oxygens (including phenoxy) is 1. The molecule has 1 aromatic carbocycles. The van der Waals surface area contributed by atoms with Gasteiger partial charge < -0.3 is 20.0 Å². The molecule has 124 valence electrons. The molecule has 1 atom stereocenters. The molecule has 0 saturated carbocycles. The molecule has 0 fully saturated rings. The summed E-state index contributed by atoms with van der Waals surface area (Å²) in [4.78, 5) is 11.0. The molecule has 0 unspecified atom stereocenters. The van der Waals surface area contributed by atoms with E-state index in [1.165, 1.54) is 19.3 Å². The summed E-state index contributed by atoms with van der Waals surface area (Å²) in [5.41, 5.74) is 1.13. The Bertz CT molecular complexity index is 417. The lowest BCUT2D eigenvalue weighted by molar-refractivity contribution is -0.661. The van der Waals surface area contributed by atoms with E-state index in [0.717, 1.165) is 24.3 Å². The van der Waals surface area contributed by atoms with Gasteiger partial charge in [-0.15, -0.1) is 0 Å². The molecule has 0 aliphatic carbocycles. The van der Waals surface area contributed by atoms with Crippen LogP contribution in [0.2, 0.25) is 0 Å². The van der Waals surface area contributed by atoms with Gasteiger partial charge >= 0.3 is 0 Å². The normalized spacial score (nSPS) is 12.1. The molecule has 4 heteroatoms. The Morgan fingerprint density at radius 2 is 2.00 bits per heavy atom. The molecule has 0 amide bonds. The van der Waals surface area contributed by atoms with Crippen LogP contribution < -0.4 is 10.1 Å². The van der Waals surface area contributed by atoms with Crippen LogP contribution in [0.5, 0.6) is 5.75 Å². The van der Waals surface area contributed by atoms with E-state index in [4.69, 9.17) is 4.74 Å². The molecule has 4 nitrogen and oxygen atoms in total. The highest BCUT2D eigenvalue weighted by molar-refractivity contribution is 5.75. The van der Waals surface area contributed by atoms with Crippen molar-refractivity contribution in [3.63, 3.8) is 0 Å². The second-order valence-electron chi connectivity index (χ2n) is 5.83. The zero-order valence-electron chi connectivity index (χ0n) is 13.9. The minimum atomic E-state index is -0.445. The average Bonchev–Trinajstić information content (AvgIpc) is 2.51. The largest absolute Gasteiger partial charge is 0.491 e. The minimum Gasteiger partial charge on any atom is -0.491 e. The van der Waals surface area contributed by atoms with Crippen LogP contribution in [-0.4, -0.2) is 36.7 Å². The highest BCUT2D eigenvalue weighted by Crippen LogP contribution is 2.13. The zero-order chi connectivity index (χ0) is 16.2. The van der Waals surface area contributed by atoms with E-state index in [2.05, 4.69) is 12.2 Å². The predicted molar refractivity (Wildman–Crippen MR) is 88.1 cm³/mol. The maximum atomic E-state index is 11.0. The molecule has 1 aromatic rings. The lowest BCUT2D eigenvalue weighted by Gasteiger charge is -2.12. The van der Waals surface area contributed by atoms with Gasteiger partial charge in [0.2, 0.25) is 0 Å². The average molecular weight is 308 g/mol. The first-order valence-corrected chi connectivity index (χ1v) is 8.32. The molecule has 0 heterocycles. The van der Waals surface area contributed by atoms with E-state index < -0.39 is 6.10 Å². The molecular weight excluding hydrogens is 278 g/mol. The topological polar surface area (TPSA) is 63.1 Å². The van der Waals surface area contributed by atoms with E-state index in [1.54, 1.807) is 6.92 Å². The van der Waals surface area contributed by atoms with Crippen molar-refractivity contribution < 1.29 is 20.0 Å². The summed E-state index contributed by atoms with van der Waals surface area (Å²) in [6.45, 7) is 5.86. The van der Waals surface area contributed by atoms with E-state index in [-0.39, 0.29) is 5.78 Å². The number of hydrogen-bond acceptors (Lipinski definition) is 3. The van der Waals surface area contributed by atoms with Gasteiger partial charge in [-0.25, -0.2) is 0 Å². The number of quaternary nitrogens is 1. The summed E-state index contributed by atoms with van der Waals surface area (Å²) in [6.07, 6.45) is 4.57. The second-order valence-corrected chi connectivity index (χ2v) is 5.83. The van der Waals surface area contributed by atoms with Gasteiger partial charge in [-0.1, -0.05) is 25.5 Å². The molecule has 0 saturated heterocycles. The lowest BCUT2D eigenvalue weighted by atomic mass is 10.1. The minimum absolute atomic E-state index is 0.207. The Labute approximate surface area is 133 Å². The number of hydrogen-bond donors (Lipinski definition) is 2. The number of carbonyl (C=O) groups excluding carboxylic acids is 1. The fourth-order valence-electron chi connectivity index (χ4n) is 2.18. The van der Waals surface area contributed by atoms with Gasteiger partial charge in [-0.05, 0) is 43.9 Å². The Balaban J connectivity index is 2.19. The molecule has 0 aromatic heterocycles. The van der Waals surface area contributed by atoms with Crippen LogP contribution in [0.15, 0.2) is 24.3 Å². The van der Waals surface area contributed by atoms with Gasteiger partial charge in [0, 0.05) is 6.42 Å². The number of nitrogens with two attached hydrogens (primary N) is 1. The summed E-state index contributed by atoms with van der Waals surface area (Å²) in [5, 5.41) is 12.0. The van der Waals surface area contributed by atoms with E-state index in [9.17, 15) is 9.90 Å². The highest BCUT2D eigenvalue weighted by atomic mass is 16.5. The zero-order valence-corrected chi connectivity index (χ0v) is 13.9. The third-order valence-corrected chi connectivity index (χ3v) is 3.58. The van der Waals surface area contributed by atoms with Gasteiger partial charge in [0.15, 0.2) is 0 Å². The van der Waals surface area contributed by atoms with Crippen molar-refractivity contribution in [3.05, 3.63) is 29.8 Å². The van der Waals surface area contributed by atoms with Crippen LogP contribution in [0.4, 0.5) is 0 Å². The number of aliphatic hydroxyl groups is 1. The number of rotatable bonds is 12. The number of aryl methyl sites for hydroxylation is 1. The summed E-state index contributed by atoms with van der Waals surface area (Å²) in [5.74, 6) is 0.968. The molecule has 0 spiro atoms. The van der Waals surface area contributed by atoms with Gasteiger partial charge in [0.25, 0.3) is 0 Å². The van der Waals surface area contributed by atoms with Crippen molar-refractivity contribution in [2.24, 2.45) is 0 Å². The van der Waals surface area contributed by atoms with Gasteiger partial charge in [0.05, 0.1) is 6.54 Å². The molecule has 0 aliphatic heterocycles. The highest BCUT2D eigenvalue weighted by Gasteiger charge is 2.07. The first kappa shape index (κ1) is 18.7. The van der Waals surface area contributed by atoms with Crippen LogP contribution in [0.1, 0.15) is 45.1 Å². The number of benzene rings is 1. The number of Topliss-reactive ketones (excluding diaryl/α,β-unsaturated/α-hetero) is 1. The van der Waals surface area contributed by atoms with Crippen molar-refractivity contribution in [2.75, 3.05) is 19.7 Å². The third kappa shape index (κ3) is 8.80. The van der Waals surface area contributed by atoms with Crippen molar-refractivity contribution in [2.45, 2.75) is 52.1 Å². The first-order valence-electron chi connectivity index (χ1n) is 8.32. The quantitative estimate of drug-likeness (QED) is 0.578. The van der Waals surface area contributed by atoms with Crippen molar-refractivity contribution in [3.8, 4) is 5.75 Å². The van der Waals surface area contributed by atoms with Crippen LogP contribution in [-0.2, 0) is 11.2 Å². The van der Waals surface area contributed by atoms with Crippen molar-refractivity contribution in [1.29, 1.82) is 0 Å². The number of aliphatic hydroxyl groups excluding tert-OH is 1. The fourth-order valence-corrected chi connectivity index (χ4v) is 2.18.